The third kappa shape index (κ3) is 4.13. The van der Waals surface area contributed by atoms with Crippen LogP contribution in [0.5, 0.6) is 11.5 Å². The molecule has 0 aliphatic carbocycles. The molecule has 3 aromatic rings. The zero-order chi connectivity index (χ0) is 20.4. The number of fused-ring (bicyclic) bond motifs is 1. The van der Waals surface area contributed by atoms with E-state index in [0.717, 1.165) is 28.3 Å². The molecule has 0 N–H and O–H groups in total. The minimum absolute atomic E-state index is 0.0386. The first-order valence-corrected chi connectivity index (χ1v) is 11.3. The molecule has 0 amide bonds. The van der Waals surface area contributed by atoms with Gasteiger partial charge in [0, 0.05) is 29.0 Å². The molecule has 0 fully saturated rings. The van der Waals surface area contributed by atoms with E-state index in [1.165, 1.54) is 11.8 Å². The van der Waals surface area contributed by atoms with Gasteiger partial charge in [0.2, 0.25) is 0 Å². The van der Waals surface area contributed by atoms with Crippen molar-refractivity contribution in [3.8, 4) is 17.2 Å². The molecule has 8 heteroatoms. The number of hydrogen-bond donors (Lipinski definition) is 0. The van der Waals surface area contributed by atoms with Crippen molar-refractivity contribution < 1.29 is 9.47 Å². The van der Waals surface area contributed by atoms with Gasteiger partial charge < -0.3 is 9.47 Å². The molecule has 0 spiro atoms. The van der Waals surface area contributed by atoms with E-state index < -0.39 is 0 Å². The Bertz CT molecular complexity index is 1100. The Morgan fingerprint density at radius 2 is 1.90 bits per heavy atom. The molecule has 2 aromatic carbocycles. The van der Waals surface area contributed by atoms with E-state index in [1.54, 1.807) is 42.7 Å². The Morgan fingerprint density at radius 3 is 2.62 bits per heavy atom. The van der Waals surface area contributed by atoms with Crippen LogP contribution in [0.3, 0.4) is 0 Å². The normalized spacial score (nSPS) is 12.7. The molecule has 4 rings (SSSR count). The minimum Gasteiger partial charge on any atom is -0.493 e. The van der Waals surface area contributed by atoms with E-state index in [1.807, 2.05) is 30.3 Å². The van der Waals surface area contributed by atoms with Crippen molar-refractivity contribution >= 4 is 35.1 Å². The summed E-state index contributed by atoms with van der Waals surface area (Å²) in [5.74, 6) is 2.75. The quantitative estimate of drug-likeness (QED) is 0.398. The summed E-state index contributed by atoms with van der Waals surface area (Å²) in [5.41, 5.74) is 2.66. The molecule has 150 valence electrons. The highest BCUT2D eigenvalue weighted by Crippen LogP contribution is 2.33. The monoisotopic (exact) mass is 446 g/mol. The lowest BCUT2D eigenvalue weighted by Gasteiger charge is -2.15. The Kier molecular flexibility index (Phi) is 6.08. The molecule has 0 saturated carbocycles. The van der Waals surface area contributed by atoms with Crippen LogP contribution in [0.15, 0.2) is 57.3 Å². The predicted molar refractivity (Wildman–Crippen MR) is 118 cm³/mol. The van der Waals surface area contributed by atoms with Gasteiger partial charge in [0.1, 0.15) is 0 Å². The summed E-state index contributed by atoms with van der Waals surface area (Å²) in [5, 5.41) is 1.37. The van der Waals surface area contributed by atoms with Gasteiger partial charge in [0.25, 0.3) is 5.56 Å². The highest BCUT2D eigenvalue weighted by molar-refractivity contribution is 7.99. The van der Waals surface area contributed by atoms with Crippen molar-refractivity contribution in [1.82, 2.24) is 9.55 Å². The number of halogens is 1. The highest BCUT2D eigenvalue weighted by Gasteiger charge is 2.23. The van der Waals surface area contributed by atoms with Crippen LogP contribution in [0, 0.1) is 0 Å². The number of methoxy groups -OCH3 is 2. The molecule has 2 heterocycles. The molecular formula is C21H19ClN2O3S2. The third-order valence-electron chi connectivity index (χ3n) is 4.57. The second kappa shape index (κ2) is 8.73. The molecule has 1 aliphatic rings. The number of rotatable bonds is 6. The first kappa shape index (κ1) is 20.2. The summed E-state index contributed by atoms with van der Waals surface area (Å²) in [6.07, 6.45) is 0.816. The first-order chi connectivity index (χ1) is 14.1. The lowest BCUT2D eigenvalue weighted by molar-refractivity contribution is 0.354. The van der Waals surface area contributed by atoms with Gasteiger partial charge in [-0.25, -0.2) is 4.98 Å². The number of aromatic nitrogens is 2. The lowest BCUT2D eigenvalue weighted by atomic mass is 10.2. The average molecular weight is 447 g/mol. The fourth-order valence-electron chi connectivity index (χ4n) is 3.11. The van der Waals surface area contributed by atoms with Gasteiger partial charge in [-0.05, 0) is 29.8 Å². The lowest BCUT2D eigenvalue weighted by Crippen LogP contribution is -2.23. The van der Waals surface area contributed by atoms with Crippen LogP contribution in [0.25, 0.3) is 5.69 Å². The van der Waals surface area contributed by atoms with Crippen molar-refractivity contribution in [2.45, 2.75) is 22.2 Å². The zero-order valence-corrected chi connectivity index (χ0v) is 18.4. The van der Waals surface area contributed by atoms with E-state index in [-0.39, 0.29) is 5.56 Å². The molecule has 0 radical (unpaired) electrons. The molecule has 5 nitrogen and oxygen atoms in total. The number of thioether (sulfide) groups is 2. The highest BCUT2D eigenvalue weighted by atomic mass is 35.5. The predicted octanol–water partition coefficient (Wildman–Crippen LogP) is 4.84. The molecule has 0 bridgehead atoms. The van der Waals surface area contributed by atoms with Crippen molar-refractivity contribution in [3.05, 3.63) is 69.1 Å². The summed E-state index contributed by atoms with van der Waals surface area (Å²) in [6, 6.07) is 13.2. The van der Waals surface area contributed by atoms with E-state index in [0.29, 0.717) is 33.1 Å². The Labute approximate surface area is 182 Å². The minimum atomic E-state index is -0.0386. The fraction of sp³-hybridized carbons (Fsp3) is 0.238. The molecule has 29 heavy (non-hydrogen) atoms. The van der Waals surface area contributed by atoms with Gasteiger partial charge in [-0.3, -0.25) is 9.36 Å². The van der Waals surface area contributed by atoms with E-state index in [2.05, 4.69) is 0 Å². The van der Waals surface area contributed by atoms with Crippen LogP contribution in [0.4, 0.5) is 0 Å². The van der Waals surface area contributed by atoms with E-state index >= 15 is 0 Å². The summed E-state index contributed by atoms with van der Waals surface area (Å²) < 4.78 is 12.4. The number of nitrogens with zero attached hydrogens (tertiary/aromatic N) is 2. The molecule has 1 aliphatic heterocycles. The SMILES string of the molecule is COc1ccc(-n2c(SCc3ccc(Cl)cc3)nc3c(c2=O)SCC3)cc1OC. The Balaban J connectivity index is 1.77. The largest absolute Gasteiger partial charge is 0.493 e. The van der Waals surface area contributed by atoms with E-state index in [4.69, 9.17) is 26.1 Å². The summed E-state index contributed by atoms with van der Waals surface area (Å²) >= 11 is 9.08. The van der Waals surface area contributed by atoms with Crippen LogP contribution in [-0.4, -0.2) is 29.5 Å². The Morgan fingerprint density at radius 1 is 1.14 bits per heavy atom. The number of ether oxygens (including phenoxy) is 2. The summed E-state index contributed by atoms with van der Waals surface area (Å²) in [6.45, 7) is 0. The number of benzene rings is 2. The number of aryl methyl sites for hydroxylation is 1. The summed E-state index contributed by atoms with van der Waals surface area (Å²) in [7, 11) is 3.17. The van der Waals surface area contributed by atoms with E-state index in [9.17, 15) is 4.79 Å². The van der Waals surface area contributed by atoms with Crippen molar-refractivity contribution in [2.75, 3.05) is 20.0 Å². The van der Waals surface area contributed by atoms with Crippen LogP contribution >= 0.6 is 35.1 Å². The zero-order valence-electron chi connectivity index (χ0n) is 16.0. The maximum atomic E-state index is 13.3. The molecule has 1 aromatic heterocycles. The average Bonchev–Trinajstić information content (AvgIpc) is 3.22. The molecule has 0 atom stereocenters. The maximum absolute atomic E-state index is 13.3. The van der Waals surface area contributed by atoms with Crippen molar-refractivity contribution in [2.24, 2.45) is 0 Å². The van der Waals surface area contributed by atoms with Gasteiger partial charge in [-0.2, -0.15) is 0 Å². The van der Waals surface area contributed by atoms with Crippen LogP contribution in [-0.2, 0) is 12.2 Å². The van der Waals surface area contributed by atoms with Gasteiger partial charge in [-0.15, -0.1) is 11.8 Å². The van der Waals surface area contributed by atoms with Gasteiger partial charge >= 0.3 is 0 Å². The topological polar surface area (TPSA) is 53.4 Å². The second-order valence-corrected chi connectivity index (χ2v) is 8.85. The van der Waals surface area contributed by atoms with Crippen LogP contribution in [0.2, 0.25) is 5.02 Å². The van der Waals surface area contributed by atoms with Crippen molar-refractivity contribution in [1.29, 1.82) is 0 Å². The maximum Gasteiger partial charge on any atom is 0.272 e. The fourth-order valence-corrected chi connectivity index (χ4v) is 5.24. The molecule has 0 unspecified atom stereocenters. The molecular weight excluding hydrogens is 428 g/mol. The summed E-state index contributed by atoms with van der Waals surface area (Å²) in [4.78, 5) is 18.9. The van der Waals surface area contributed by atoms with Crippen LogP contribution < -0.4 is 15.0 Å². The van der Waals surface area contributed by atoms with Gasteiger partial charge in [-0.1, -0.05) is 35.5 Å². The third-order valence-corrected chi connectivity index (χ3v) is 6.94. The first-order valence-electron chi connectivity index (χ1n) is 8.99. The molecule has 0 saturated heterocycles. The van der Waals surface area contributed by atoms with Gasteiger partial charge in [0.15, 0.2) is 16.7 Å². The standard InChI is InChI=1S/C21H19ClN2O3S2/c1-26-17-8-7-15(11-18(17)27-2)24-20(25)19-16(9-10-28-19)23-21(24)29-12-13-3-5-14(22)6-4-13/h3-8,11H,9-10,12H2,1-2H3. The van der Waals surface area contributed by atoms with Gasteiger partial charge in [0.05, 0.1) is 30.5 Å². The smallest absolute Gasteiger partial charge is 0.272 e. The number of hydrogen-bond acceptors (Lipinski definition) is 6. The van der Waals surface area contributed by atoms with Crippen LogP contribution in [0.1, 0.15) is 11.3 Å². The second-order valence-electron chi connectivity index (χ2n) is 6.36. The van der Waals surface area contributed by atoms with Crippen molar-refractivity contribution in [3.63, 3.8) is 0 Å². The Hall–Kier alpha value is -2.09.